The van der Waals surface area contributed by atoms with Gasteiger partial charge in [-0.2, -0.15) is 0 Å². The van der Waals surface area contributed by atoms with E-state index in [1.807, 2.05) is 0 Å². The molecule has 3 N–H and O–H groups in total. The number of carboxylic acid groups (broad SMARTS) is 1. The smallest absolute Gasteiger partial charge is 0.747 e. The number of hydrogen-bond donors (Lipinski definition) is 2. The van der Waals surface area contributed by atoms with E-state index in [0.717, 1.165) is 16.7 Å². The van der Waals surface area contributed by atoms with Crippen LogP contribution in [0.1, 0.15) is 21.2 Å². The van der Waals surface area contributed by atoms with Crippen molar-refractivity contribution in [2.45, 2.75) is 23.2 Å². The van der Waals surface area contributed by atoms with Gasteiger partial charge >= 0.3 is 29.6 Å². The average molecular weight is 555 g/mol. The molecule has 188 valence electrons. The zero-order chi connectivity index (χ0) is 26.2. The van der Waals surface area contributed by atoms with Gasteiger partial charge in [0.25, 0.3) is 5.91 Å². The molecule has 12 nitrogen and oxygen atoms in total. The van der Waals surface area contributed by atoms with Crippen molar-refractivity contribution in [1.82, 2.24) is 10.2 Å². The summed E-state index contributed by atoms with van der Waals surface area (Å²) < 4.78 is 37.0. The number of thioether (sulfide) groups is 1. The Hall–Kier alpha value is -2.75. The van der Waals surface area contributed by atoms with Crippen LogP contribution in [0.25, 0.3) is 0 Å². The van der Waals surface area contributed by atoms with Crippen LogP contribution in [0.4, 0.5) is 0 Å². The number of β-lactam (4-membered cyclic amide) rings is 1. The summed E-state index contributed by atoms with van der Waals surface area (Å²) in [5.74, 6) is -4.00. The van der Waals surface area contributed by atoms with E-state index in [0.29, 0.717) is 5.57 Å². The fourth-order valence-electron chi connectivity index (χ4n) is 4.05. The number of fused-ring (bicyclic) bond motifs is 1. The largest absolute Gasteiger partial charge is 1.00 e. The van der Waals surface area contributed by atoms with Gasteiger partial charge in [0.1, 0.15) is 21.5 Å². The summed E-state index contributed by atoms with van der Waals surface area (Å²) in [5.41, 5.74) is 5.44. The molecule has 2 aromatic rings. The van der Waals surface area contributed by atoms with Gasteiger partial charge in [-0.3, -0.25) is 19.3 Å². The summed E-state index contributed by atoms with van der Waals surface area (Å²) in [4.78, 5) is 49.8. The predicted molar refractivity (Wildman–Crippen MR) is 121 cm³/mol. The molecule has 1 saturated heterocycles. The Morgan fingerprint density at radius 1 is 1.16 bits per heavy atom. The number of carboxylic acids is 1. The van der Waals surface area contributed by atoms with Gasteiger partial charge in [0.2, 0.25) is 11.8 Å². The van der Waals surface area contributed by atoms with E-state index in [4.69, 9.17) is 5.73 Å². The number of nitrogens with two attached hydrogens (primary N) is 1. The summed E-state index contributed by atoms with van der Waals surface area (Å²) in [6, 6.07) is 8.83. The number of primary amides is 1. The van der Waals surface area contributed by atoms with Gasteiger partial charge < -0.3 is 25.5 Å². The van der Waals surface area contributed by atoms with Crippen molar-refractivity contribution >= 4 is 45.6 Å². The number of pyridine rings is 1. The molecule has 1 aromatic heterocycles. The summed E-state index contributed by atoms with van der Waals surface area (Å²) in [5, 5.41) is 11.3. The monoisotopic (exact) mass is 554 g/mol. The fraction of sp³-hybridized carbons (Fsp3) is 0.227. The topological polar surface area (TPSA) is 194 Å². The second kappa shape index (κ2) is 11.3. The Labute approximate surface area is 237 Å². The van der Waals surface area contributed by atoms with E-state index < -0.39 is 50.5 Å². The zero-order valence-corrected chi connectivity index (χ0v) is 23.0. The summed E-state index contributed by atoms with van der Waals surface area (Å²) in [6.07, 6.45) is 3.07. The van der Waals surface area contributed by atoms with Crippen molar-refractivity contribution in [3.05, 3.63) is 77.3 Å². The second-order valence-corrected chi connectivity index (χ2v) is 10.6. The molecular weight excluding hydrogens is 535 g/mol. The first kappa shape index (κ1) is 28.8. The molecule has 1 fully saturated rings. The summed E-state index contributed by atoms with van der Waals surface area (Å²) >= 11 is 1.16. The van der Waals surface area contributed by atoms with Crippen LogP contribution in [0, 0.1) is 0 Å². The first-order valence-corrected chi connectivity index (χ1v) is 13.0. The maximum absolute atomic E-state index is 12.9. The first-order valence-electron chi connectivity index (χ1n) is 10.5. The SMILES string of the molecule is NC(=O)c1cc[n+](CC2=C(C(=O)[O-])N3C(=O)[C@@H](NC(=O)[C@H](c4ccccc4)S(=O)(=O)[O-])[C@H]3SC2)cc1.[Na+]. The quantitative estimate of drug-likeness (QED) is 0.139. The molecule has 3 atom stereocenters. The van der Waals surface area contributed by atoms with Crippen LogP contribution in [0.2, 0.25) is 0 Å². The van der Waals surface area contributed by atoms with Gasteiger partial charge in [-0.15, -0.1) is 11.8 Å². The van der Waals surface area contributed by atoms with Crippen molar-refractivity contribution in [2.24, 2.45) is 5.73 Å². The third kappa shape index (κ3) is 5.89. The molecule has 4 rings (SSSR count). The van der Waals surface area contributed by atoms with E-state index >= 15 is 0 Å². The molecule has 0 saturated carbocycles. The molecule has 3 amide bonds. The number of nitrogens with zero attached hydrogens (tertiary/aromatic N) is 2. The second-order valence-electron chi connectivity index (χ2n) is 8.04. The van der Waals surface area contributed by atoms with Crippen molar-refractivity contribution < 1.29 is 71.4 Å². The number of amides is 3. The third-order valence-corrected chi connectivity index (χ3v) is 8.12. The van der Waals surface area contributed by atoms with Crippen LogP contribution in [-0.4, -0.2) is 58.7 Å². The predicted octanol–water partition coefficient (Wildman–Crippen LogP) is -5.23. The molecular formula is C22H19N4NaO8S2. The number of carbonyl (C=O) groups is 4. The Morgan fingerprint density at radius 2 is 1.78 bits per heavy atom. The minimum Gasteiger partial charge on any atom is -0.747 e. The number of aliphatic carboxylic acids is 1. The van der Waals surface area contributed by atoms with Crippen molar-refractivity contribution in [3.8, 4) is 0 Å². The van der Waals surface area contributed by atoms with Gasteiger partial charge in [0, 0.05) is 23.5 Å². The van der Waals surface area contributed by atoms with Crippen molar-refractivity contribution in [3.63, 3.8) is 0 Å². The summed E-state index contributed by atoms with van der Waals surface area (Å²) in [6.45, 7) is 0.0768. The number of carbonyl (C=O) groups excluding carboxylic acids is 4. The molecule has 2 aliphatic rings. The number of benzene rings is 1. The van der Waals surface area contributed by atoms with Gasteiger partial charge in [-0.25, -0.2) is 13.0 Å². The molecule has 0 radical (unpaired) electrons. The van der Waals surface area contributed by atoms with Crippen LogP contribution < -0.4 is 50.3 Å². The minimum absolute atomic E-state index is 0. The molecule has 37 heavy (non-hydrogen) atoms. The normalized spacial score (nSPS) is 19.7. The number of rotatable bonds is 8. The van der Waals surface area contributed by atoms with Crippen molar-refractivity contribution in [1.29, 1.82) is 0 Å². The zero-order valence-electron chi connectivity index (χ0n) is 19.4. The molecule has 3 heterocycles. The number of nitrogens with one attached hydrogen (secondary N) is 1. The van der Waals surface area contributed by atoms with E-state index in [1.165, 1.54) is 48.8 Å². The van der Waals surface area contributed by atoms with Gasteiger partial charge in [-0.05, 0) is 5.56 Å². The Balaban J connectivity index is 0.00000380. The van der Waals surface area contributed by atoms with Crippen LogP contribution >= 0.6 is 11.8 Å². The van der Waals surface area contributed by atoms with Crippen LogP contribution in [0.15, 0.2) is 66.1 Å². The minimum atomic E-state index is -5.11. The molecule has 0 unspecified atom stereocenters. The van der Waals surface area contributed by atoms with E-state index in [1.54, 1.807) is 10.6 Å². The van der Waals surface area contributed by atoms with Crippen LogP contribution in [-0.2, 0) is 31.0 Å². The fourth-order valence-corrected chi connectivity index (χ4v) is 6.20. The maximum Gasteiger partial charge on any atom is 1.00 e. The van der Waals surface area contributed by atoms with E-state index in [2.05, 4.69) is 5.32 Å². The molecule has 0 aliphatic carbocycles. The number of aromatic nitrogens is 1. The van der Waals surface area contributed by atoms with Gasteiger partial charge in [-0.1, -0.05) is 30.3 Å². The standard InChI is InChI=1S/C22H20N4O8S2.Na/c23-18(27)13-6-8-25(9-7-13)10-14-11-35-21-15(20(29)26(21)16(14)22(30)31)24-19(28)17(36(32,33)34)12-4-2-1-3-5-12;/h1-9,15,17,21H,10-11H2,(H4-,23,24,27,28,30,31,32,33,34);/q;+1/p-1/t15-,17+,21-;/m1./s1. The molecule has 2 aliphatic heterocycles. The summed E-state index contributed by atoms with van der Waals surface area (Å²) in [7, 11) is -5.11. The van der Waals surface area contributed by atoms with Gasteiger partial charge in [0.05, 0.1) is 17.2 Å². The Kier molecular flexibility index (Phi) is 8.82. The molecule has 0 spiro atoms. The Morgan fingerprint density at radius 3 is 2.32 bits per heavy atom. The maximum atomic E-state index is 12.9. The molecule has 1 aromatic carbocycles. The molecule has 0 bridgehead atoms. The first-order chi connectivity index (χ1) is 17.0. The van der Waals surface area contributed by atoms with Crippen LogP contribution in [0.5, 0.6) is 0 Å². The van der Waals surface area contributed by atoms with Crippen LogP contribution in [0.3, 0.4) is 0 Å². The average Bonchev–Trinajstić information content (AvgIpc) is 2.82. The van der Waals surface area contributed by atoms with E-state index in [-0.39, 0.29) is 58.7 Å². The number of hydrogen-bond acceptors (Lipinski definition) is 9. The Bertz CT molecular complexity index is 1380. The van der Waals surface area contributed by atoms with E-state index in [9.17, 15) is 37.3 Å². The van der Waals surface area contributed by atoms with Gasteiger partial charge in [0.15, 0.2) is 24.2 Å². The van der Waals surface area contributed by atoms with Crippen molar-refractivity contribution in [2.75, 3.05) is 5.75 Å². The molecule has 15 heteroatoms. The third-order valence-electron chi connectivity index (χ3n) is 5.72.